The number of halogens is 6. The Morgan fingerprint density at radius 3 is 2.53 bits per heavy atom. The molecule has 0 unspecified atom stereocenters. The van der Waals surface area contributed by atoms with Crippen LogP contribution in [-0.2, 0) is 6.18 Å². The molecule has 1 atom stereocenters. The van der Waals surface area contributed by atoms with E-state index in [1.807, 2.05) is 0 Å². The largest absolute Gasteiger partial charge is 0.487 e. The Morgan fingerprint density at radius 2 is 1.84 bits per heavy atom. The lowest BCUT2D eigenvalue weighted by atomic mass is 10.2. The van der Waals surface area contributed by atoms with Crippen molar-refractivity contribution in [2.24, 2.45) is 0 Å². The van der Waals surface area contributed by atoms with Crippen molar-refractivity contribution in [2.45, 2.75) is 19.2 Å². The van der Waals surface area contributed by atoms with Crippen LogP contribution in [0.4, 0.5) is 13.2 Å². The second kappa shape index (κ2) is 8.43. The molecule has 32 heavy (non-hydrogen) atoms. The number of ether oxygens (including phenoxy) is 1. The van der Waals surface area contributed by atoms with E-state index in [1.165, 1.54) is 18.3 Å². The molecule has 13 heteroatoms. The predicted octanol–water partition coefficient (Wildman–Crippen LogP) is 5.79. The fourth-order valence-electron chi connectivity index (χ4n) is 2.80. The summed E-state index contributed by atoms with van der Waals surface area (Å²) in [6.07, 6.45) is -2.92. The molecule has 3 heterocycles. The summed E-state index contributed by atoms with van der Waals surface area (Å²) >= 11 is 18.5. The number of pyridine rings is 1. The van der Waals surface area contributed by atoms with Crippen molar-refractivity contribution >= 4 is 40.4 Å². The lowest BCUT2D eigenvalue weighted by molar-refractivity contribution is -0.137. The first-order chi connectivity index (χ1) is 15.1. The molecule has 0 aliphatic heterocycles. The number of rotatable bonds is 5. The molecular weight excluding hydrogens is 496 g/mol. The quantitative estimate of drug-likeness (QED) is 0.368. The first kappa shape index (κ1) is 22.7. The lowest BCUT2D eigenvalue weighted by Crippen LogP contribution is -2.16. The summed E-state index contributed by atoms with van der Waals surface area (Å²) in [6, 6.07) is 3.70. The Hall–Kier alpha value is -2.53. The average Bonchev–Trinajstić information content (AvgIpc) is 3.37. The number of benzene rings is 1. The zero-order valence-electron chi connectivity index (χ0n) is 16.0. The average molecular weight is 508 g/mol. The molecule has 1 N–H and O–H groups in total. The summed E-state index contributed by atoms with van der Waals surface area (Å²) in [6.45, 7) is 1.44. The fraction of sp³-hybridized carbons (Fsp3) is 0.211. The van der Waals surface area contributed by atoms with E-state index >= 15 is 0 Å². The number of hydrogen-bond acceptors (Lipinski definition) is 6. The van der Waals surface area contributed by atoms with Gasteiger partial charge in [0.2, 0.25) is 5.82 Å². The Morgan fingerprint density at radius 1 is 1.09 bits per heavy atom. The van der Waals surface area contributed by atoms with Gasteiger partial charge in [0, 0.05) is 24.0 Å². The van der Waals surface area contributed by atoms with E-state index in [1.54, 1.807) is 6.92 Å². The zero-order chi connectivity index (χ0) is 23.2. The number of nitrogens with zero attached hydrogens (tertiary/aromatic N) is 4. The van der Waals surface area contributed by atoms with E-state index in [-0.39, 0.29) is 50.5 Å². The summed E-state index contributed by atoms with van der Waals surface area (Å²) in [7, 11) is 0. The van der Waals surface area contributed by atoms with Gasteiger partial charge in [-0.2, -0.15) is 18.2 Å². The van der Waals surface area contributed by atoms with Crippen LogP contribution in [0.3, 0.4) is 0 Å². The Bertz CT molecular complexity index is 1310. The highest BCUT2D eigenvalue weighted by atomic mass is 35.5. The molecule has 0 spiro atoms. The van der Waals surface area contributed by atoms with Crippen molar-refractivity contribution in [2.75, 3.05) is 6.61 Å². The molecule has 0 aliphatic rings. The Labute approximate surface area is 193 Å². The van der Waals surface area contributed by atoms with Gasteiger partial charge in [-0.15, -0.1) is 0 Å². The van der Waals surface area contributed by atoms with E-state index in [0.717, 1.165) is 16.7 Å². The third-order valence-electron chi connectivity index (χ3n) is 4.33. The van der Waals surface area contributed by atoms with Gasteiger partial charge in [-0.25, -0.2) is 4.98 Å². The standard InChI is InChI=1S/C19H12Cl3F3N4O3/c1-8(7-30)31-15-4-11(20)10(3-12(15)21)16-27-18(32-28-16)14-6-29-5-9(19(23,24)25)2-13(22)17(29)26-14/h2-6,8,30H,7H2,1H3/t8-/m0/s1. The minimum Gasteiger partial charge on any atom is -0.487 e. The van der Waals surface area contributed by atoms with E-state index < -0.39 is 17.8 Å². The maximum Gasteiger partial charge on any atom is 0.417 e. The summed E-state index contributed by atoms with van der Waals surface area (Å²) in [5.41, 5.74) is -0.389. The second-order valence-electron chi connectivity index (χ2n) is 6.73. The first-order valence-electron chi connectivity index (χ1n) is 8.93. The lowest BCUT2D eigenvalue weighted by Gasteiger charge is -2.14. The number of aromatic nitrogens is 4. The van der Waals surface area contributed by atoms with Crippen LogP contribution in [0.25, 0.3) is 28.6 Å². The van der Waals surface area contributed by atoms with E-state index in [9.17, 15) is 13.2 Å². The van der Waals surface area contributed by atoms with E-state index in [0.29, 0.717) is 5.56 Å². The van der Waals surface area contributed by atoms with Crippen molar-refractivity contribution in [3.63, 3.8) is 0 Å². The molecule has 0 bridgehead atoms. The Kier molecular flexibility index (Phi) is 5.97. The number of hydrogen-bond donors (Lipinski definition) is 1. The van der Waals surface area contributed by atoms with Crippen molar-refractivity contribution in [3.8, 4) is 28.7 Å². The van der Waals surface area contributed by atoms with Gasteiger partial charge in [-0.3, -0.25) is 0 Å². The van der Waals surface area contributed by atoms with Gasteiger partial charge in [-0.1, -0.05) is 40.0 Å². The van der Waals surface area contributed by atoms with Gasteiger partial charge in [0.25, 0.3) is 5.89 Å². The molecular formula is C19H12Cl3F3N4O3. The van der Waals surface area contributed by atoms with Crippen LogP contribution < -0.4 is 4.74 Å². The fourth-order valence-corrected chi connectivity index (χ4v) is 3.50. The molecule has 168 valence electrons. The van der Waals surface area contributed by atoms with Crippen LogP contribution in [0.5, 0.6) is 5.75 Å². The number of fused-ring (bicyclic) bond motifs is 1. The van der Waals surface area contributed by atoms with Crippen molar-refractivity contribution in [1.29, 1.82) is 0 Å². The van der Waals surface area contributed by atoms with E-state index in [4.69, 9.17) is 49.2 Å². The zero-order valence-corrected chi connectivity index (χ0v) is 18.3. The van der Waals surface area contributed by atoms with Crippen molar-refractivity contribution in [1.82, 2.24) is 19.5 Å². The smallest absolute Gasteiger partial charge is 0.417 e. The van der Waals surface area contributed by atoms with E-state index in [2.05, 4.69) is 15.1 Å². The summed E-state index contributed by atoms with van der Waals surface area (Å²) in [4.78, 5) is 8.39. The highest BCUT2D eigenvalue weighted by Gasteiger charge is 2.32. The van der Waals surface area contributed by atoms with Gasteiger partial charge in [0.05, 0.1) is 27.2 Å². The third kappa shape index (κ3) is 4.36. The number of aliphatic hydroxyl groups is 1. The number of alkyl halides is 3. The van der Waals surface area contributed by atoms with Gasteiger partial charge in [-0.05, 0) is 19.1 Å². The van der Waals surface area contributed by atoms with Crippen LogP contribution in [0.2, 0.25) is 15.1 Å². The van der Waals surface area contributed by atoms with Gasteiger partial charge in [0.15, 0.2) is 5.65 Å². The number of imidazole rings is 1. The SMILES string of the molecule is C[C@@H](CO)Oc1cc(Cl)c(-c2noc(-c3cn4cc(C(F)(F)F)cc(Cl)c4n3)n2)cc1Cl. The van der Waals surface area contributed by atoms with Gasteiger partial charge in [0.1, 0.15) is 17.5 Å². The first-order valence-corrected chi connectivity index (χ1v) is 10.1. The predicted molar refractivity (Wildman–Crippen MR) is 111 cm³/mol. The van der Waals surface area contributed by atoms with Crippen molar-refractivity contribution < 1.29 is 27.5 Å². The molecule has 0 aliphatic carbocycles. The van der Waals surface area contributed by atoms with Gasteiger partial charge < -0.3 is 18.8 Å². The highest BCUT2D eigenvalue weighted by Crippen LogP contribution is 2.37. The number of aliphatic hydroxyl groups excluding tert-OH is 1. The molecule has 4 rings (SSSR count). The van der Waals surface area contributed by atoms with Crippen LogP contribution in [-0.4, -0.2) is 37.3 Å². The van der Waals surface area contributed by atoms with Crippen LogP contribution >= 0.6 is 34.8 Å². The summed E-state index contributed by atoms with van der Waals surface area (Å²) < 4.78 is 50.9. The summed E-state index contributed by atoms with van der Waals surface area (Å²) in [5.74, 6) is 0.281. The monoisotopic (exact) mass is 506 g/mol. The van der Waals surface area contributed by atoms with Crippen LogP contribution in [0.1, 0.15) is 12.5 Å². The minimum atomic E-state index is -4.57. The maximum absolute atomic E-state index is 13.0. The molecule has 7 nitrogen and oxygen atoms in total. The Balaban J connectivity index is 1.69. The van der Waals surface area contributed by atoms with Crippen LogP contribution in [0, 0.1) is 0 Å². The molecule has 0 amide bonds. The highest BCUT2D eigenvalue weighted by molar-refractivity contribution is 6.36. The molecule has 0 saturated carbocycles. The molecule has 0 radical (unpaired) electrons. The summed E-state index contributed by atoms with van der Waals surface area (Å²) in [5, 5.41) is 13.2. The molecule has 0 fully saturated rings. The van der Waals surface area contributed by atoms with Crippen molar-refractivity contribution in [3.05, 3.63) is 51.2 Å². The molecule has 0 saturated heterocycles. The topological polar surface area (TPSA) is 85.7 Å². The molecule has 3 aromatic heterocycles. The molecule has 4 aromatic rings. The normalized spacial score (nSPS) is 13.0. The minimum absolute atomic E-state index is 0.0604. The third-order valence-corrected chi connectivity index (χ3v) is 5.21. The maximum atomic E-state index is 13.0. The molecule has 1 aromatic carbocycles. The van der Waals surface area contributed by atoms with Gasteiger partial charge >= 0.3 is 6.18 Å². The van der Waals surface area contributed by atoms with Crippen LogP contribution in [0.15, 0.2) is 35.1 Å². The second-order valence-corrected chi connectivity index (χ2v) is 7.95.